The largest absolute Gasteiger partial charge is 0.193 e. The third-order valence-corrected chi connectivity index (χ3v) is 6.33. The Balaban J connectivity index is 1.59. The van der Waals surface area contributed by atoms with Crippen molar-refractivity contribution in [3.05, 3.63) is 47.5 Å². The number of benzene rings is 1. The highest BCUT2D eigenvalue weighted by Gasteiger charge is 2.20. The quantitative estimate of drug-likeness (QED) is 0.274. The fourth-order valence-electron chi connectivity index (χ4n) is 4.45. The van der Waals surface area contributed by atoms with Gasteiger partial charge in [0.2, 0.25) is 0 Å². The number of aryl methyl sites for hydroxylation is 2. The number of rotatable bonds is 12. The molecule has 27 heavy (non-hydrogen) atoms. The van der Waals surface area contributed by atoms with Crippen molar-refractivity contribution in [2.75, 3.05) is 0 Å². The fourth-order valence-corrected chi connectivity index (χ4v) is 4.45. The zero-order valence-corrected chi connectivity index (χ0v) is 17.5. The van der Waals surface area contributed by atoms with Gasteiger partial charge in [-0.1, -0.05) is 88.6 Å². The molecule has 0 radical (unpaired) electrons. The molecule has 0 saturated heterocycles. The minimum atomic E-state index is 0.890. The highest BCUT2D eigenvalue weighted by atomic mass is 14.3. The predicted molar refractivity (Wildman–Crippen MR) is 117 cm³/mol. The average molecular weight is 366 g/mol. The van der Waals surface area contributed by atoms with Crippen molar-refractivity contribution in [1.29, 1.82) is 5.26 Å². The molecule has 0 aliphatic heterocycles. The van der Waals surface area contributed by atoms with Crippen LogP contribution in [0.15, 0.2) is 36.4 Å². The molecule has 2 rings (SSSR count). The van der Waals surface area contributed by atoms with Crippen LogP contribution >= 0.6 is 0 Å². The van der Waals surface area contributed by atoms with Crippen LogP contribution < -0.4 is 0 Å². The smallest absolute Gasteiger partial charge is 0.0908 e. The number of unbranched alkanes of at least 4 members (excludes halogenated alkanes) is 4. The van der Waals surface area contributed by atoms with Gasteiger partial charge in [0.1, 0.15) is 0 Å². The molecule has 0 spiro atoms. The summed E-state index contributed by atoms with van der Waals surface area (Å²) in [7, 11) is 0. The molecule has 1 aliphatic rings. The normalized spacial score (nSPS) is 20.0. The Morgan fingerprint density at radius 2 is 1.44 bits per heavy atom. The van der Waals surface area contributed by atoms with Crippen LogP contribution in [0.25, 0.3) is 0 Å². The Hall–Kier alpha value is -1.55. The Morgan fingerprint density at radius 1 is 0.852 bits per heavy atom. The number of nitrogens with zero attached hydrogens (tertiary/aromatic N) is 1. The highest BCUT2D eigenvalue weighted by Crippen LogP contribution is 2.34. The summed E-state index contributed by atoms with van der Waals surface area (Å²) in [5.41, 5.74) is 3.04. The first-order chi connectivity index (χ1) is 13.3. The van der Waals surface area contributed by atoms with Crippen molar-refractivity contribution in [3.8, 4) is 6.07 Å². The molecule has 1 aliphatic carbocycles. The van der Waals surface area contributed by atoms with Crippen LogP contribution in [0.4, 0.5) is 0 Å². The molecule has 0 aromatic heterocycles. The molecule has 0 N–H and O–H groups in total. The first-order valence-electron chi connectivity index (χ1n) is 11.4. The zero-order chi connectivity index (χ0) is 19.2. The summed E-state index contributed by atoms with van der Waals surface area (Å²) in [6.07, 6.45) is 22.3. The third kappa shape index (κ3) is 9.28. The summed E-state index contributed by atoms with van der Waals surface area (Å²) in [5.74, 6) is 1.82. The monoisotopic (exact) mass is 365 g/mol. The molecule has 1 nitrogen and oxygen atoms in total. The Kier molecular flexibility index (Phi) is 10.9. The topological polar surface area (TPSA) is 23.8 Å². The molecule has 1 fully saturated rings. The lowest BCUT2D eigenvalue weighted by Gasteiger charge is -2.28. The van der Waals surface area contributed by atoms with E-state index in [1.54, 1.807) is 6.08 Å². The van der Waals surface area contributed by atoms with Gasteiger partial charge in [0.05, 0.1) is 6.07 Å². The molecule has 1 heteroatoms. The van der Waals surface area contributed by atoms with Gasteiger partial charge in [0, 0.05) is 6.08 Å². The predicted octanol–water partition coefficient (Wildman–Crippen LogP) is 7.80. The average Bonchev–Trinajstić information content (AvgIpc) is 2.71. The van der Waals surface area contributed by atoms with Gasteiger partial charge in [-0.2, -0.15) is 5.26 Å². The lowest BCUT2D eigenvalue weighted by molar-refractivity contribution is 0.254. The minimum Gasteiger partial charge on any atom is -0.193 e. The number of hydrogen-bond acceptors (Lipinski definition) is 1. The second-order valence-electron chi connectivity index (χ2n) is 8.51. The summed E-state index contributed by atoms with van der Waals surface area (Å²) >= 11 is 0. The molecule has 0 unspecified atom stereocenters. The first-order valence-corrected chi connectivity index (χ1v) is 11.4. The summed E-state index contributed by atoms with van der Waals surface area (Å²) < 4.78 is 0. The molecule has 0 bridgehead atoms. The van der Waals surface area contributed by atoms with Gasteiger partial charge in [-0.15, -0.1) is 0 Å². The second-order valence-corrected chi connectivity index (χ2v) is 8.51. The Bertz CT molecular complexity index is 555. The van der Waals surface area contributed by atoms with Gasteiger partial charge < -0.3 is 0 Å². The lowest BCUT2D eigenvalue weighted by atomic mass is 9.78. The SMILES string of the molecule is CCCCCCCc1ccc(CCC2CCC(CC/C=C/C#N)CC2)cc1. The number of nitriles is 1. The van der Waals surface area contributed by atoms with Gasteiger partial charge in [-0.25, -0.2) is 0 Å². The molecule has 0 heterocycles. The molecule has 1 saturated carbocycles. The van der Waals surface area contributed by atoms with E-state index in [0.29, 0.717) is 0 Å². The molecule has 0 atom stereocenters. The van der Waals surface area contributed by atoms with Crippen LogP contribution in [0.2, 0.25) is 0 Å². The maximum atomic E-state index is 8.54. The van der Waals surface area contributed by atoms with E-state index in [4.69, 9.17) is 5.26 Å². The van der Waals surface area contributed by atoms with Crippen molar-refractivity contribution < 1.29 is 0 Å². The molecule has 148 valence electrons. The maximum Gasteiger partial charge on any atom is 0.0908 e. The van der Waals surface area contributed by atoms with Crippen LogP contribution in [0.5, 0.6) is 0 Å². The van der Waals surface area contributed by atoms with Crippen molar-refractivity contribution in [1.82, 2.24) is 0 Å². The van der Waals surface area contributed by atoms with E-state index in [1.165, 1.54) is 94.6 Å². The first kappa shape index (κ1) is 21.7. The van der Waals surface area contributed by atoms with Crippen LogP contribution in [0, 0.1) is 23.2 Å². The number of hydrogen-bond donors (Lipinski definition) is 0. The lowest BCUT2D eigenvalue weighted by Crippen LogP contribution is -2.15. The summed E-state index contributed by atoms with van der Waals surface area (Å²) in [4.78, 5) is 0. The van der Waals surface area contributed by atoms with Crippen LogP contribution in [0.3, 0.4) is 0 Å². The highest BCUT2D eigenvalue weighted by molar-refractivity contribution is 5.22. The Morgan fingerprint density at radius 3 is 2.07 bits per heavy atom. The van der Waals surface area contributed by atoms with Crippen molar-refractivity contribution in [2.45, 2.75) is 96.8 Å². The van der Waals surface area contributed by atoms with Crippen molar-refractivity contribution >= 4 is 0 Å². The molecular weight excluding hydrogens is 326 g/mol. The van der Waals surface area contributed by atoms with Gasteiger partial charge in [0.25, 0.3) is 0 Å². The molecule has 1 aromatic carbocycles. The van der Waals surface area contributed by atoms with E-state index < -0.39 is 0 Å². The van der Waals surface area contributed by atoms with Gasteiger partial charge >= 0.3 is 0 Å². The van der Waals surface area contributed by atoms with Crippen LogP contribution in [0.1, 0.15) is 95.1 Å². The van der Waals surface area contributed by atoms with E-state index in [1.807, 2.05) is 6.08 Å². The Labute approximate surface area is 167 Å². The van der Waals surface area contributed by atoms with E-state index in [-0.39, 0.29) is 0 Å². The van der Waals surface area contributed by atoms with Gasteiger partial charge in [0.15, 0.2) is 0 Å². The van der Waals surface area contributed by atoms with Crippen LogP contribution in [-0.2, 0) is 12.8 Å². The third-order valence-electron chi connectivity index (χ3n) is 6.33. The molecule has 1 aromatic rings. The summed E-state index contributed by atoms with van der Waals surface area (Å²) in [6.45, 7) is 2.28. The molecule has 0 amide bonds. The van der Waals surface area contributed by atoms with E-state index in [0.717, 1.165) is 18.3 Å². The van der Waals surface area contributed by atoms with E-state index in [2.05, 4.69) is 37.3 Å². The van der Waals surface area contributed by atoms with Crippen molar-refractivity contribution in [3.63, 3.8) is 0 Å². The van der Waals surface area contributed by atoms with Gasteiger partial charge in [-0.05, 0) is 61.5 Å². The molecular formula is C26H39N. The van der Waals surface area contributed by atoms with E-state index in [9.17, 15) is 0 Å². The zero-order valence-electron chi connectivity index (χ0n) is 17.5. The van der Waals surface area contributed by atoms with Crippen LogP contribution in [-0.4, -0.2) is 0 Å². The maximum absolute atomic E-state index is 8.54. The summed E-state index contributed by atoms with van der Waals surface area (Å²) in [6, 6.07) is 11.5. The second kappa shape index (κ2) is 13.6. The standard InChI is InChI=1S/C26H39N/c1-2-3-4-5-7-10-23-12-16-25(17-13-23)20-21-26-18-14-24(15-19-26)11-8-6-9-22-27/h6,9,12-13,16-17,24,26H,2-5,7-8,10-11,14-15,18-21H2,1H3/b9-6+. The van der Waals surface area contributed by atoms with Crippen molar-refractivity contribution in [2.24, 2.45) is 11.8 Å². The number of allylic oxidation sites excluding steroid dienone is 2. The minimum absolute atomic E-state index is 0.890. The fraction of sp³-hybridized carbons (Fsp3) is 0.654. The van der Waals surface area contributed by atoms with E-state index >= 15 is 0 Å². The summed E-state index contributed by atoms with van der Waals surface area (Å²) in [5, 5.41) is 8.54. The van der Waals surface area contributed by atoms with Gasteiger partial charge in [-0.3, -0.25) is 0 Å².